The van der Waals surface area contributed by atoms with Crippen molar-refractivity contribution in [1.29, 1.82) is 0 Å². The Kier molecular flexibility index (Phi) is 2.47. The van der Waals surface area contributed by atoms with Crippen LogP contribution in [0.2, 0.25) is 0 Å². The van der Waals surface area contributed by atoms with Gasteiger partial charge in [-0.2, -0.15) is 4.98 Å². The van der Waals surface area contributed by atoms with Gasteiger partial charge in [-0.15, -0.1) is 0 Å². The van der Waals surface area contributed by atoms with Crippen LogP contribution in [0.15, 0.2) is 35.1 Å². The summed E-state index contributed by atoms with van der Waals surface area (Å²) in [5.74, 6) is 2.41. The highest BCUT2D eigenvalue weighted by Gasteiger charge is 2.30. The van der Waals surface area contributed by atoms with E-state index in [1.807, 2.05) is 35.7 Å². The number of para-hydroxylation sites is 2. The minimum absolute atomic E-state index is 0.447. The van der Waals surface area contributed by atoms with Crippen molar-refractivity contribution in [2.45, 2.75) is 18.8 Å². The Balaban J connectivity index is 1.79. The first-order chi connectivity index (χ1) is 11.3. The van der Waals surface area contributed by atoms with Crippen molar-refractivity contribution in [2.75, 3.05) is 12.4 Å². The Labute approximate surface area is 131 Å². The first-order valence-corrected chi connectivity index (χ1v) is 7.62. The average molecular weight is 306 g/mol. The molecule has 23 heavy (non-hydrogen) atoms. The summed E-state index contributed by atoms with van der Waals surface area (Å²) in [5.41, 5.74) is 3.39. The lowest BCUT2D eigenvalue weighted by atomic mass is 10.2. The molecule has 1 aliphatic rings. The molecular weight excluding hydrogens is 292 g/mol. The minimum Gasteiger partial charge on any atom is -0.371 e. The van der Waals surface area contributed by atoms with E-state index in [0.717, 1.165) is 41.0 Å². The lowest BCUT2D eigenvalue weighted by molar-refractivity contribution is 0.422. The Hall–Kier alpha value is -2.96. The predicted octanol–water partition coefficient (Wildman–Crippen LogP) is 2.85. The van der Waals surface area contributed by atoms with Crippen LogP contribution in [-0.2, 0) is 0 Å². The first kappa shape index (κ1) is 12.6. The number of nitrogens with zero attached hydrogens (tertiary/aromatic N) is 5. The predicted molar refractivity (Wildman–Crippen MR) is 85.3 cm³/mol. The van der Waals surface area contributed by atoms with Crippen LogP contribution < -0.4 is 5.32 Å². The third kappa shape index (κ3) is 1.82. The number of hydrogen-bond donors (Lipinski definition) is 1. The van der Waals surface area contributed by atoms with Crippen molar-refractivity contribution in [3.8, 4) is 11.6 Å². The topological polar surface area (TPSA) is 81.1 Å². The second-order valence-corrected chi connectivity index (χ2v) is 5.74. The van der Waals surface area contributed by atoms with Gasteiger partial charge in [-0.1, -0.05) is 17.3 Å². The molecule has 0 atom stereocenters. The summed E-state index contributed by atoms with van der Waals surface area (Å²) >= 11 is 0. The van der Waals surface area contributed by atoms with E-state index in [-0.39, 0.29) is 0 Å². The summed E-state index contributed by atoms with van der Waals surface area (Å²) in [4.78, 5) is 13.7. The smallest absolute Gasteiger partial charge is 0.278 e. The molecule has 7 nitrogen and oxygen atoms in total. The van der Waals surface area contributed by atoms with Crippen molar-refractivity contribution in [3.05, 3.63) is 36.4 Å². The molecule has 0 radical (unpaired) electrons. The fourth-order valence-corrected chi connectivity index (χ4v) is 2.86. The lowest BCUT2D eigenvalue weighted by Crippen LogP contribution is -1.99. The highest BCUT2D eigenvalue weighted by Crippen LogP contribution is 2.39. The molecule has 7 heteroatoms. The van der Waals surface area contributed by atoms with Gasteiger partial charge in [0.05, 0.1) is 11.0 Å². The Morgan fingerprint density at radius 3 is 2.91 bits per heavy atom. The Bertz CT molecular complexity index is 1030. The Morgan fingerprint density at radius 2 is 2.09 bits per heavy atom. The van der Waals surface area contributed by atoms with Crippen LogP contribution in [0.25, 0.3) is 28.1 Å². The molecule has 1 aliphatic carbocycles. The van der Waals surface area contributed by atoms with Crippen molar-refractivity contribution >= 4 is 22.4 Å². The van der Waals surface area contributed by atoms with E-state index < -0.39 is 0 Å². The summed E-state index contributed by atoms with van der Waals surface area (Å²) in [5, 5.41) is 7.22. The zero-order chi connectivity index (χ0) is 15.4. The molecule has 1 N–H and O–H groups in total. The number of imidazole rings is 1. The highest BCUT2D eigenvalue weighted by atomic mass is 16.5. The molecule has 1 fully saturated rings. The van der Waals surface area contributed by atoms with E-state index >= 15 is 0 Å². The number of aromatic nitrogens is 5. The standard InChI is InChI=1S/C16H14N6O/c1-17-15-13-12(16-20-14(21-23-16)9-6-7-9)18-8-22(13)11-5-3-2-4-10(11)19-15/h2-5,8-9H,6-7H2,1H3,(H,17,19). The molecule has 0 aliphatic heterocycles. The molecule has 1 saturated carbocycles. The van der Waals surface area contributed by atoms with Crippen LogP contribution in [0.3, 0.4) is 0 Å². The van der Waals surface area contributed by atoms with Gasteiger partial charge in [0.25, 0.3) is 5.89 Å². The van der Waals surface area contributed by atoms with Crippen LogP contribution in [-0.4, -0.2) is 31.6 Å². The van der Waals surface area contributed by atoms with Gasteiger partial charge in [-0.3, -0.25) is 4.40 Å². The third-order valence-corrected chi connectivity index (χ3v) is 4.19. The van der Waals surface area contributed by atoms with Gasteiger partial charge in [0.15, 0.2) is 17.3 Å². The van der Waals surface area contributed by atoms with E-state index in [1.165, 1.54) is 0 Å². The summed E-state index contributed by atoms with van der Waals surface area (Å²) in [7, 11) is 1.84. The van der Waals surface area contributed by atoms with E-state index in [4.69, 9.17) is 4.52 Å². The fourth-order valence-electron chi connectivity index (χ4n) is 2.86. The molecule has 0 unspecified atom stereocenters. The SMILES string of the molecule is CNc1nc2ccccc2n2cnc(-c3nc(C4CC4)no3)c12. The lowest BCUT2D eigenvalue weighted by Gasteiger charge is -2.07. The summed E-state index contributed by atoms with van der Waals surface area (Å²) < 4.78 is 7.44. The van der Waals surface area contributed by atoms with Gasteiger partial charge in [0, 0.05) is 13.0 Å². The van der Waals surface area contributed by atoms with Crippen LogP contribution >= 0.6 is 0 Å². The first-order valence-electron chi connectivity index (χ1n) is 7.62. The summed E-state index contributed by atoms with van der Waals surface area (Å²) in [6.45, 7) is 0. The summed E-state index contributed by atoms with van der Waals surface area (Å²) in [6, 6.07) is 7.95. The molecule has 3 aromatic heterocycles. The Morgan fingerprint density at radius 1 is 1.22 bits per heavy atom. The molecule has 0 amide bonds. The van der Waals surface area contributed by atoms with Gasteiger partial charge in [-0.25, -0.2) is 9.97 Å². The summed E-state index contributed by atoms with van der Waals surface area (Å²) in [6.07, 6.45) is 4.05. The van der Waals surface area contributed by atoms with E-state index in [1.54, 1.807) is 6.33 Å². The third-order valence-electron chi connectivity index (χ3n) is 4.19. The van der Waals surface area contributed by atoms with Crippen LogP contribution in [0.5, 0.6) is 0 Å². The molecule has 0 saturated heterocycles. The van der Waals surface area contributed by atoms with Gasteiger partial charge < -0.3 is 9.84 Å². The minimum atomic E-state index is 0.447. The van der Waals surface area contributed by atoms with Crippen LogP contribution in [0.1, 0.15) is 24.6 Å². The fraction of sp³-hybridized carbons (Fsp3) is 0.250. The van der Waals surface area contributed by atoms with E-state index in [9.17, 15) is 0 Å². The molecule has 3 heterocycles. The number of fused-ring (bicyclic) bond motifs is 3. The molecule has 1 aromatic carbocycles. The van der Waals surface area contributed by atoms with Crippen molar-refractivity contribution in [1.82, 2.24) is 24.5 Å². The van der Waals surface area contributed by atoms with Gasteiger partial charge >= 0.3 is 0 Å². The molecule has 5 rings (SSSR count). The van der Waals surface area contributed by atoms with Gasteiger partial charge in [-0.05, 0) is 25.0 Å². The molecule has 114 valence electrons. The largest absolute Gasteiger partial charge is 0.371 e. The van der Waals surface area contributed by atoms with Crippen molar-refractivity contribution in [2.24, 2.45) is 0 Å². The second kappa shape index (κ2) is 4.52. The molecule has 0 bridgehead atoms. The maximum Gasteiger partial charge on any atom is 0.278 e. The maximum atomic E-state index is 5.44. The molecule has 4 aromatic rings. The second-order valence-electron chi connectivity index (χ2n) is 5.74. The zero-order valence-corrected chi connectivity index (χ0v) is 12.5. The van der Waals surface area contributed by atoms with E-state index in [0.29, 0.717) is 17.5 Å². The van der Waals surface area contributed by atoms with E-state index in [2.05, 4.69) is 25.4 Å². The van der Waals surface area contributed by atoms with Crippen LogP contribution in [0.4, 0.5) is 5.82 Å². The number of hydrogen-bond acceptors (Lipinski definition) is 6. The van der Waals surface area contributed by atoms with Gasteiger partial charge in [0.2, 0.25) is 0 Å². The number of benzene rings is 1. The van der Waals surface area contributed by atoms with Gasteiger partial charge in [0.1, 0.15) is 11.8 Å². The zero-order valence-electron chi connectivity index (χ0n) is 12.5. The molecule has 0 spiro atoms. The van der Waals surface area contributed by atoms with Crippen molar-refractivity contribution < 1.29 is 4.52 Å². The maximum absolute atomic E-state index is 5.44. The average Bonchev–Trinajstić information content (AvgIpc) is 3.16. The molecular formula is C16H14N6O. The van der Waals surface area contributed by atoms with Crippen LogP contribution in [0, 0.1) is 0 Å². The monoisotopic (exact) mass is 306 g/mol. The highest BCUT2D eigenvalue weighted by molar-refractivity contribution is 5.90. The number of anilines is 1. The number of rotatable bonds is 3. The number of nitrogens with one attached hydrogen (secondary N) is 1. The van der Waals surface area contributed by atoms with Crippen molar-refractivity contribution in [3.63, 3.8) is 0 Å². The normalized spacial score (nSPS) is 14.7. The quantitative estimate of drug-likeness (QED) is 0.627.